The SMILES string of the molecule is C[C@H](C(=O)N1CC(S(=O)(=O)N2CCOCC2)C1)n1cccn1. The van der Waals surface area contributed by atoms with E-state index in [-0.39, 0.29) is 19.0 Å². The Morgan fingerprint density at radius 1 is 1.32 bits per heavy atom. The second-order valence-corrected chi connectivity index (χ2v) is 7.80. The smallest absolute Gasteiger partial charge is 0.247 e. The van der Waals surface area contributed by atoms with Crippen LogP contribution in [0.5, 0.6) is 0 Å². The predicted octanol–water partition coefficient (Wildman–Crippen LogP) is -0.683. The lowest BCUT2D eigenvalue weighted by atomic mass is 10.1. The summed E-state index contributed by atoms with van der Waals surface area (Å²) in [6, 6.07) is 1.34. The van der Waals surface area contributed by atoms with Crippen molar-refractivity contribution in [1.29, 1.82) is 0 Å². The molecular formula is C13H20N4O4S. The summed E-state index contributed by atoms with van der Waals surface area (Å²) in [5.41, 5.74) is 0. The molecule has 2 aliphatic heterocycles. The van der Waals surface area contributed by atoms with Gasteiger partial charge in [-0.2, -0.15) is 9.40 Å². The van der Waals surface area contributed by atoms with Crippen LogP contribution in [0, 0.1) is 0 Å². The quantitative estimate of drug-likeness (QED) is 0.731. The number of ether oxygens (including phenoxy) is 1. The van der Waals surface area contributed by atoms with Crippen LogP contribution in [-0.4, -0.2) is 78.0 Å². The van der Waals surface area contributed by atoms with E-state index in [1.54, 1.807) is 35.0 Å². The molecule has 0 radical (unpaired) electrons. The Balaban J connectivity index is 1.58. The molecule has 2 saturated heterocycles. The van der Waals surface area contributed by atoms with Gasteiger partial charge in [0.1, 0.15) is 11.3 Å². The maximum absolute atomic E-state index is 12.4. The van der Waals surface area contributed by atoms with Gasteiger partial charge in [-0.05, 0) is 13.0 Å². The highest BCUT2D eigenvalue weighted by Gasteiger charge is 2.44. The molecule has 0 bridgehead atoms. The molecule has 1 atom stereocenters. The van der Waals surface area contributed by atoms with Gasteiger partial charge in [-0.15, -0.1) is 0 Å². The maximum Gasteiger partial charge on any atom is 0.247 e. The second-order valence-electron chi connectivity index (χ2n) is 5.58. The molecule has 3 heterocycles. The monoisotopic (exact) mass is 328 g/mol. The number of nitrogens with zero attached hydrogens (tertiary/aromatic N) is 4. The molecule has 0 saturated carbocycles. The lowest BCUT2D eigenvalue weighted by molar-refractivity contribution is -0.137. The summed E-state index contributed by atoms with van der Waals surface area (Å²) in [6.45, 7) is 3.94. The third kappa shape index (κ3) is 2.75. The van der Waals surface area contributed by atoms with Crippen molar-refractivity contribution in [3.05, 3.63) is 18.5 Å². The summed E-state index contributed by atoms with van der Waals surface area (Å²) < 4.78 is 33.1. The van der Waals surface area contributed by atoms with Crippen LogP contribution < -0.4 is 0 Å². The standard InChI is InChI=1S/C13H20N4O4S/c1-11(17-4-2-3-14-17)13(18)15-9-12(10-15)22(19,20)16-5-7-21-8-6-16/h2-4,11-12H,5-10H2,1H3/t11-/m1/s1. The first-order valence-corrected chi connectivity index (χ1v) is 8.85. The molecule has 22 heavy (non-hydrogen) atoms. The van der Waals surface area contributed by atoms with Crippen molar-refractivity contribution in [2.24, 2.45) is 0 Å². The fourth-order valence-corrected chi connectivity index (χ4v) is 4.52. The Morgan fingerprint density at radius 2 is 2.00 bits per heavy atom. The van der Waals surface area contributed by atoms with Gasteiger partial charge >= 0.3 is 0 Å². The van der Waals surface area contributed by atoms with Gasteiger partial charge < -0.3 is 9.64 Å². The summed E-state index contributed by atoms with van der Waals surface area (Å²) in [7, 11) is -3.33. The average Bonchev–Trinajstić information content (AvgIpc) is 2.99. The van der Waals surface area contributed by atoms with Crippen molar-refractivity contribution in [2.75, 3.05) is 39.4 Å². The summed E-state index contributed by atoms with van der Waals surface area (Å²) >= 11 is 0. The fourth-order valence-electron chi connectivity index (χ4n) is 2.71. The van der Waals surface area contributed by atoms with E-state index >= 15 is 0 Å². The zero-order valence-electron chi connectivity index (χ0n) is 12.5. The van der Waals surface area contributed by atoms with E-state index in [1.165, 1.54) is 4.31 Å². The number of carbonyl (C=O) groups is 1. The average molecular weight is 328 g/mol. The van der Waals surface area contributed by atoms with Crippen LogP contribution in [0.25, 0.3) is 0 Å². The normalized spacial score (nSPS) is 22.3. The van der Waals surface area contributed by atoms with Crippen LogP contribution in [0.2, 0.25) is 0 Å². The zero-order valence-corrected chi connectivity index (χ0v) is 13.3. The first kappa shape index (κ1) is 15.4. The summed E-state index contributed by atoms with van der Waals surface area (Å²) in [6.07, 6.45) is 3.34. The van der Waals surface area contributed by atoms with Crippen LogP contribution in [0.4, 0.5) is 0 Å². The summed E-state index contributed by atoms with van der Waals surface area (Å²) in [5.74, 6) is -0.0999. The van der Waals surface area contributed by atoms with Gasteiger partial charge in [0, 0.05) is 38.6 Å². The number of sulfonamides is 1. The molecule has 9 heteroatoms. The molecule has 0 spiro atoms. The molecular weight excluding hydrogens is 308 g/mol. The van der Waals surface area contributed by atoms with Crippen LogP contribution >= 0.6 is 0 Å². The topological polar surface area (TPSA) is 84.7 Å². The molecule has 0 N–H and O–H groups in total. The Bertz CT molecular complexity index is 618. The van der Waals surface area contributed by atoms with Crippen LogP contribution in [0.3, 0.4) is 0 Å². The molecule has 2 fully saturated rings. The number of amides is 1. The van der Waals surface area contributed by atoms with Gasteiger partial charge in [0.05, 0.1) is 13.2 Å². The van der Waals surface area contributed by atoms with Gasteiger partial charge in [-0.3, -0.25) is 9.48 Å². The number of aromatic nitrogens is 2. The molecule has 0 aliphatic carbocycles. The van der Waals surface area contributed by atoms with Gasteiger partial charge in [0.2, 0.25) is 15.9 Å². The molecule has 3 rings (SSSR count). The van der Waals surface area contributed by atoms with Gasteiger partial charge in [0.25, 0.3) is 0 Å². The molecule has 1 amide bonds. The van der Waals surface area contributed by atoms with E-state index in [1.807, 2.05) is 0 Å². The van der Waals surface area contributed by atoms with Gasteiger partial charge in [0.15, 0.2) is 0 Å². The van der Waals surface area contributed by atoms with Crippen LogP contribution in [0.1, 0.15) is 13.0 Å². The largest absolute Gasteiger partial charge is 0.379 e. The molecule has 1 aromatic rings. The molecule has 1 aromatic heterocycles. The van der Waals surface area contributed by atoms with E-state index in [9.17, 15) is 13.2 Å². The second kappa shape index (κ2) is 5.98. The number of hydrogen-bond acceptors (Lipinski definition) is 5. The van der Waals surface area contributed by atoms with E-state index in [4.69, 9.17) is 4.74 Å². The van der Waals surface area contributed by atoms with Crippen molar-refractivity contribution in [1.82, 2.24) is 19.0 Å². The lowest BCUT2D eigenvalue weighted by Crippen LogP contribution is -2.61. The molecule has 122 valence electrons. The highest BCUT2D eigenvalue weighted by Crippen LogP contribution is 2.23. The fraction of sp³-hybridized carbons (Fsp3) is 0.692. The minimum atomic E-state index is -3.33. The molecule has 0 aromatic carbocycles. The predicted molar refractivity (Wildman–Crippen MR) is 78.6 cm³/mol. The maximum atomic E-state index is 12.4. The zero-order chi connectivity index (χ0) is 15.7. The highest BCUT2D eigenvalue weighted by atomic mass is 32.2. The molecule has 0 unspecified atom stereocenters. The highest BCUT2D eigenvalue weighted by molar-refractivity contribution is 7.89. The number of carbonyl (C=O) groups excluding carboxylic acids is 1. The van der Waals surface area contributed by atoms with E-state index in [2.05, 4.69) is 5.10 Å². The lowest BCUT2D eigenvalue weighted by Gasteiger charge is -2.42. The van der Waals surface area contributed by atoms with Crippen molar-refractivity contribution in [3.63, 3.8) is 0 Å². The summed E-state index contributed by atoms with van der Waals surface area (Å²) in [5, 5.41) is 3.55. The van der Waals surface area contributed by atoms with E-state index in [0.717, 1.165) is 0 Å². The Hall–Kier alpha value is -1.45. The van der Waals surface area contributed by atoms with Crippen molar-refractivity contribution < 1.29 is 17.9 Å². The Kier molecular flexibility index (Phi) is 4.20. The molecule has 2 aliphatic rings. The van der Waals surface area contributed by atoms with Crippen LogP contribution in [-0.2, 0) is 19.6 Å². The Labute approximate surface area is 129 Å². The van der Waals surface area contributed by atoms with Crippen molar-refractivity contribution in [3.8, 4) is 0 Å². The van der Waals surface area contributed by atoms with E-state index in [0.29, 0.717) is 26.3 Å². The van der Waals surface area contributed by atoms with Gasteiger partial charge in [-0.1, -0.05) is 0 Å². The number of rotatable bonds is 4. The third-order valence-electron chi connectivity index (χ3n) is 4.19. The third-order valence-corrected chi connectivity index (χ3v) is 6.42. The van der Waals surface area contributed by atoms with Gasteiger partial charge in [-0.25, -0.2) is 8.42 Å². The Morgan fingerprint density at radius 3 is 2.59 bits per heavy atom. The minimum Gasteiger partial charge on any atom is -0.379 e. The first-order chi connectivity index (χ1) is 10.5. The number of hydrogen-bond donors (Lipinski definition) is 0. The summed E-state index contributed by atoms with van der Waals surface area (Å²) in [4.78, 5) is 13.9. The number of likely N-dealkylation sites (tertiary alicyclic amines) is 1. The van der Waals surface area contributed by atoms with Crippen molar-refractivity contribution >= 4 is 15.9 Å². The van der Waals surface area contributed by atoms with Crippen molar-refractivity contribution in [2.45, 2.75) is 18.2 Å². The minimum absolute atomic E-state index is 0.0999. The van der Waals surface area contributed by atoms with E-state index < -0.39 is 21.3 Å². The molecule has 8 nitrogen and oxygen atoms in total. The number of morpholine rings is 1. The first-order valence-electron chi connectivity index (χ1n) is 7.35. The van der Waals surface area contributed by atoms with Crippen LogP contribution in [0.15, 0.2) is 18.5 Å².